The normalized spacial score (nSPS) is 19.9. The molecule has 0 unspecified atom stereocenters. The van der Waals surface area contributed by atoms with Gasteiger partial charge in [0.2, 0.25) is 0 Å². The number of amides is 1. The molecular formula is C26H23N3O8. The number of carbonyl (C=O) groups excluding carboxylic acids is 2. The maximum atomic E-state index is 13.3. The topological polar surface area (TPSA) is 138 Å². The van der Waals surface area contributed by atoms with E-state index in [-0.39, 0.29) is 22.9 Å². The van der Waals surface area contributed by atoms with E-state index in [1.54, 1.807) is 24.5 Å². The monoisotopic (exact) mass is 505 g/mol. The van der Waals surface area contributed by atoms with Crippen LogP contribution in [0.25, 0.3) is 6.08 Å². The van der Waals surface area contributed by atoms with Gasteiger partial charge in [0.05, 0.1) is 35.8 Å². The molecule has 2 atom stereocenters. The Balaban J connectivity index is 1.37. The molecule has 1 aliphatic carbocycles. The van der Waals surface area contributed by atoms with E-state index >= 15 is 0 Å². The van der Waals surface area contributed by atoms with Gasteiger partial charge in [-0.15, -0.1) is 0 Å². The molecule has 3 aromatic rings. The summed E-state index contributed by atoms with van der Waals surface area (Å²) in [5.41, 5.74) is 1.29. The van der Waals surface area contributed by atoms with Gasteiger partial charge in [0, 0.05) is 12.0 Å². The molecule has 0 radical (unpaired) electrons. The number of ether oxygens (including phenoxy) is 2. The Morgan fingerprint density at radius 1 is 1.22 bits per heavy atom. The third-order valence-electron chi connectivity index (χ3n) is 6.39. The highest BCUT2D eigenvalue weighted by Gasteiger charge is 2.45. The summed E-state index contributed by atoms with van der Waals surface area (Å²) in [4.78, 5) is 36.5. The van der Waals surface area contributed by atoms with Crippen LogP contribution in [-0.2, 0) is 9.53 Å². The lowest BCUT2D eigenvalue weighted by Crippen LogP contribution is -2.34. The first-order valence-corrected chi connectivity index (χ1v) is 11.6. The summed E-state index contributed by atoms with van der Waals surface area (Å²) in [6.45, 7) is -0.601. The highest BCUT2D eigenvalue weighted by atomic mass is 16.6. The summed E-state index contributed by atoms with van der Waals surface area (Å²) in [6, 6.07) is 10.4. The second-order valence-electron chi connectivity index (χ2n) is 8.59. The van der Waals surface area contributed by atoms with Crippen molar-refractivity contribution in [2.24, 2.45) is 11.0 Å². The van der Waals surface area contributed by atoms with Crippen LogP contribution in [0.1, 0.15) is 47.2 Å². The number of furan rings is 2. The number of allylic oxidation sites excluding steroid dienone is 1. The largest absolute Gasteiger partial charge is 0.490 e. The number of hydrazone groups is 1. The van der Waals surface area contributed by atoms with Crippen molar-refractivity contribution in [3.05, 3.63) is 87.8 Å². The van der Waals surface area contributed by atoms with Crippen molar-refractivity contribution in [2.45, 2.75) is 25.3 Å². The van der Waals surface area contributed by atoms with Crippen molar-refractivity contribution in [1.29, 1.82) is 0 Å². The molecule has 1 aromatic carbocycles. The fraction of sp³-hybridized carbons (Fsp3) is 0.269. The summed E-state index contributed by atoms with van der Waals surface area (Å²) in [7, 11) is 1.29. The van der Waals surface area contributed by atoms with Gasteiger partial charge in [0.15, 0.2) is 12.4 Å². The van der Waals surface area contributed by atoms with Gasteiger partial charge >= 0.3 is 11.7 Å². The second kappa shape index (κ2) is 10.1. The van der Waals surface area contributed by atoms with Gasteiger partial charge in [-0.2, -0.15) is 5.10 Å². The first kappa shape index (κ1) is 24.0. The molecule has 11 heteroatoms. The molecule has 1 saturated carbocycles. The first-order chi connectivity index (χ1) is 18.0. The minimum Gasteiger partial charge on any atom is -0.490 e. The standard InChI is InChI=1S/C26H23N3O8/c1-34-21-10-9-17(14-20(21)29(32)33)26(31)37-15-23(30)28-25(22-8-4-12-36-22)19-7-2-5-16(24(19)27-28)13-18-6-3-11-35-18/h3-4,6,8-14,19,25H,2,5,7,15H2,1H3/b16-13+/t19-,25-/m0/s1. The van der Waals surface area contributed by atoms with E-state index in [0.717, 1.165) is 36.6 Å². The fourth-order valence-electron chi connectivity index (χ4n) is 4.73. The van der Waals surface area contributed by atoms with Gasteiger partial charge in [-0.3, -0.25) is 14.9 Å². The molecule has 190 valence electrons. The van der Waals surface area contributed by atoms with E-state index in [1.165, 1.54) is 30.5 Å². The van der Waals surface area contributed by atoms with E-state index in [0.29, 0.717) is 11.5 Å². The molecule has 3 heterocycles. The van der Waals surface area contributed by atoms with Crippen molar-refractivity contribution in [3.8, 4) is 5.75 Å². The molecule has 0 bridgehead atoms. The number of hydrogen-bond donors (Lipinski definition) is 0. The molecule has 0 N–H and O–H groups in total. The van der Waals surface area contributed by atoms with Crippen LogP contribution in [0.3, 0.4) is 0 Å². The molecule has 11 nitrogen and oxygen atoms in total. The zero-order valence-corrected chi connectivity index (χ0v) is 19.9. The van der Waals surface area contributed by atoms with Gasteiger partial charge in [-0.1, -0.05) is 0 Å². The van der Waals surface area contributed by atoms with Crippen LogP contribution in [0.5, 0.6) is 5.75 Å². The number of nitro benzene ring substituents is 1. The fourth-order valence-corrected chi connectivity index (χ4v) is 4.73. The SMILES string of the molecule is COc1ccc(C(=O)OCC(=O)N2N=C3/C(=C/c4ccco4)CCC[C@@H]3[C@H]2c2ccco2)cc1[N+](=O)[O-]. The number of rotatable bonds is 7. The van der Waals surface area contributed by atoms with Crippen molar-refractivity contribution >= 4 is 29.4 Å². The number of fused-ring (bicyclic) bond motifs is 1. The van der Waals surface area contributed by atoms with Gasteiger partial charge in [0.25, 0.3) is 5.91 Å². The number of carbonyl (C=O) groups is 2. The molecule has 1 amide bonds. The molecule has 2 aliphatic rings. The van der Waals surface area contributed by atoms with Crippen LogP contribution in [-0.4, -0.2) is 41.2 Å². The molecule has 1 aliphatic heterocycles. The molecular weight excluding hydrogens is 482 g/mol. The molecule has 0 spiro atoms. The van der Waals surface area contributed by atoms with Gasteiger partial charge in [0.1, 0.15) is 17.6 Å². The summed E-state index contributed by atoms with van der Waals surface area (Å²) < 4.78 is 21.3. The highest BCUT2D eigenvalue weighted by Crippen LogP contribution is 2.44. The Morgan fingerprint density at radius 3 is 2.73 bits per heavy atom. The van der Waals surface area contributed by atoms with Crippen LogP contribution in [0.15, 0.2) is 74.5 Å². The molecule has 37 heavy (non-hydrogen) atoms. The van der Waals surface area contributed by atoms with E-state index < -0.39 is 29.4 Å². The van der Waals surface area contributed by atoms with E-state index in [4.69, 9.17) is 18.3 Å². The molecule has 5 rings (SSSR count). The van der Waals surface area contributed by atoms with E-state index in [1.807, 2.05) is 12.1 Å². The molecule has 0 saturated heterocycles. The smallest absolute Gasteiger partial charge is 0.338 e. The van der Waals surface area contributed by atoms with Gasteiger partial charge in [-0.25, -0.2) is 9.80 Å². The second-order valence-corrected chi connectivity index (χ2v) is 8.59. The zero-order valence-electron chi connectivity index (χ0n) is 19.9. The number of hydrogen-bond acceptors (Lipinski definition) is 9. The van der Waals surface area contributed by atoms with Crippen molar-refractivity contribution in [3.63, 3.8) is 0 Å². The number of methoxy groups -OCH3 is 1. The number of benzene rings is 1. The zero-order chi connectivity index (χ0) is 25.9. The summed E-state index contributed by atoms with van der Waals surface area (Å²) >= 11 is 0. The third-order valence-corrected chi connectivity index (χ3v) is 6.39. The first-order valence-electron chi connectivity index (χ1n) is 11.6. The third kappa shape index (κ3) is 4.75. The highest BCUT2D eigenvalue weighted by molar-refractivity contribution is 6.08. The van der Waals surface area contributed by atoms with Crippen LogP contribution >= 0.6 is 0 Å². The average molecular weight is 505 g/mol. The van der Waals surface area contributed by atoms with Crippen LogP contribution in [0, 0.1) is 16.0 Å². The predicted molar refractivity (Wildman–Crippen MR) is 130 cm³/mol. The van der Waals surface area contributed by atoms with Crippen molar-refractivity contribution < 1.29 is 32.8 Å². The summed E-state index contributed by atoms with van der Waals surface area (Å²) in [6.07, 6.45) is 7.55. The van der Waals surface area contributed by atoms with Crippen molar-refractivity contribution in [1.82, 2.24) is 5.01 Å². The number of esters is 1. The van der Waals surface area contributed by atoms with Crippen LogP contribution < -0.4 is 4.74 Å². The Hall–Kier alpha value is -4.67. The van der Waals surface area contributed by atoms with Crippen molar-refractivity contribution in [2.75, 3.05) is 13.7 Å². The van der Waals surface area contributed by atoms with E-state index in [2.05, 4.69) is 5.10 Å². The Morgan fingerprint density at radius 2 is 2.03 bits per heavy atom. The van der Waals surface area contributed by atoms with Crippen LogP contribution in [0.2, 0.25) is 0 Å². The molecule has 1 fully saturated rings. The summed E-state index contributed by atoms with van der Waals surface area (Å²) in [5.74, 6) is -0.236. The minimum atomic E-state index is -0.878. The number of nitro groups is 1. The predicted octanol–water partition coefficient (Wildman–Crippen LogP) is 4.77. The minimum absolute atomic E-state index is 0.00724. The average Bonchev–Trinajstić information content (AvgIpc) is 3.68. The van der Waals surface area contributed by atoms with Gasteiger partial charge < -0.3 is 18.3 Å². The van der Waals surface area contributed by atoms with Gasteiger partial charge in [-0.05, 0) is 67.3 Å². The quantitative estimate of drug-likeness (QED) is 0.254. The lowest BCUT2D eigenvalue weighted by atomic mass is 9.79. The lowest BCUT2D eigenvalue weighted by Gasteiger charge is -2.27. The maximum Gasteiger partial charge on any atom is 0.338 e. The number of nitrogens with zero attached hydrogens (tertiary/aromatic N) is 3. The summed E-state index contributed by atoms with van der Waals surface area (Å²) in [5, 5.41) is 17.2. The van der Waals surface area contributed by atoms with E-state index in [9.17, 15) is 19.7 Å². The Labute approximate surface area is 211 Å². The lowest BCUT2D eigenvalue weighted by molar-refractivity contribution is -0.385. The Bertz CT molecular complexity index is 1370. The molecule has 2 aromatic heterocycles. The maximum absolute atomic E-state index is 13.3. The Kier molecular flexibility index (Phi) is 6.59. The van der Waals surface area contributed by atoms with Crippen LogP contribution in [0.4, 0.5) is 5.69 Å².